The minimum Gasteiger partial charge on any atom is -0.480 e. The Morgan fingerprint density at radius 2 is 2.24 bits per heavy atom. The van der Waals surface area contributed by atoms with Gasteiger partial charge in [-0.25, -0.2) is 4.98 Å². The lowest BCUT2D eigenvalue weighted by molar-refractivity contribution is -0.141. The fraction of sp³-hybridized carbons (Fsp3) is 0.333. The third-order valence-corrected chi connectivity index (χ3v) is 4.12. The highest BCUT2D eigenvalue weighted by molar-refractivity contribution is 6.35. The quantitative estimate of drug-likeness (QED) is 0.943. The molecule has 2 atom stereocenters. The van der Waals surface area contributed by atoms with Gasteiger partial charge in [0.25, 0.3) is 0 Å². The van der Waals surface area contributed by atoms with E-state index in [-0.39, 0.29) is 6.10 Å². The number of benzene rings is 1. The maximum absolute atomic E-state index is 11.1. The molecule has 0 radical (unpaired) electrons. The molecule has 1 fully saturated rings. The highest BCUT2D eigenvalue weighted by Crippen LogP contribution is 2.30. The molecule has 0 amide bonds. The van der Waals surface area contributed by atoms with E-state index < -0.39 is 12.0 Å². The van der Waals surface area contributed by atoms with Crippen LogP contribution in [0.4, 0.5) is 0 Å². The van der Waals surface area contributed by atoms with Crippen molar-refractivity contribution in [3.63, 3.8) is 0 Å². The lowest BCUT2D eigenvalue weighted by atomic mass is 10.1. The fourth-order valence-electron chi connectivity index (χ4n) is 2.72. The van der Waals surface area contributed by atoms with E-state index in [9.17, 15) is 4.79 Å². The van der Waals surface area contributed by atoms with Gasteiger partial charge in [-0.15, -0.1) is 0 Å². The Bertz CT molecular complexity index is 692. The number of pyridine rings is 1. The summed E-state index contributed by atoms with van der Waals surface area (Å²) in [5, 5.41) is 11.5. The number of halogens is 1. The molecule has 1 aromatic carbocycles. The molecule has 5 nitrogen and oxygen atoms in total. The second-order valence-corrected chi connectivity index (χ2v) is 5.63. The first-order chi connectivity index (χ1) is 10.1. The van der Waals surface area contributed by atoms with Gasteiger partial charge in [-0.05, 0) is 25.2 Å². The van der Waals surface area contributed by atoms with Gasteiger partial charge in [-0.1, -0.05) is 17.7 Å². The Morgan fingerprint density at radius 3 is 2.95 bits per heavy atom. The van der Waals surface area contributed by atoms with Gasteiger partial charge in [0.15, 0.2) is 0 Å². The molecule has 2 heterocycles. The van der Waals surface area contributed by atoms with Gasteiger partial charge in [0.05, 0.1) is 0 Å². The van der Waals surface area contributed by atoms with Crippen LogP contribution in [0.25, 0.3) is 10.8 Å². The van der Waals surface area contributed by atoms with E-state index in [1.165, 1.54) is 0 Å². The summed E-state index contributed by atoms with van der Waals surface area (Å²) in [6.07, 6.45) is 1.91. The summed E-state index contributed by atoms with van der Waals surface area (Å²) >= 11 is 6.16. The number of carboxylic acids is 1. The molecule has 2 aromatic rings. The van der Waals surface area contributed by atoms with E-state index in [1.54, 1.807) is 18.1 Å². The normalized spacial score (nSPS) is 22.6. The molecular formula is C15H15ClN2O3. The highest BCUT2D eigenvalue weighted by Gasteiger charge is 2.36. The van der Waals surface area contributed by atoms with Gasteiger partial charge in [0.1, 0.15) is 12.1 Å². The van der Waals surface area contributed by atoms with Crippen molar-refractivity contribution in [1.29, 1.82) is 0 Å². The van der Waals surface area contributed by atoms with Crippen molar-refractivity contribution in [2.45, 2.75) is 18.6 Å². The van der Waals surface area contributed by atoms with E-state index in [0.29, 0.717) is 23.9 Å². The molecule has 3 rings (SSSR count). The first-order valence-corrected chi connectivity index (χ1v) is 7.07. The van der Waals surface area contributed by atoms with Crippen LogP contribution in [0, 0.1) is 0 Å². The molecule has 21 heavy (non-hydrogen) atoms. The summed E-state index contributed by atoms with van der Waals surface area (Å²) < 4.78 is 5.92. The number of carbonyl (C=O) groups is 1. The summed E-state index contributed by atoms with van der Waals surface area (Å²) in [4.78, 5) is 17.2. The molecule has 1 N–H and O–H groups in total. The van der Waals surface area contributed by atoms with E-state index >= 15 is 0 Å². The maximum atomic E-state index is 11.1. The van der Waals surface area contributed by atoms with E-state index in [2.05, 4.69) is 4.98 Å². The second kappa shape index (κ2) is 5.50. The maximum Gasteiger partial charge on any atom is 0.321 e. The number of hydrogen-bond acceptors (Lipinski definition) is 4. The van der Waals surface area contributed by atoms with Crippen molar-refractivity contribution in [3.8, 4) is 5.88 Å². The number of aliphatic carboxylic acids is 1. The number of rotatable bonds is 3. The van der Waals surface area contributed by atoms with E-state index in [0.717, 1.165) is 10.8 Å². The monoisotopic (exact) mass is 306 g/mol. The van der Waals surface area contributed by atoms with Gasteiger partial charge in [0, 0.05) is 35.0 Å². The molecule has 1 aliphatic rings. The molecule has 0 spiro atoms. The van der Waals surface area contributed by atoms with Crippen molar-refractivity contribution in [3.05, 3.63) is 35.5 Å². The number of carboxylic acid groups (broad SMARTS) is 1. The van der Waals surface area contributed by atoms with Crippen LogP contribution in [0.15, 0.2) is 30.5 Å². The first kappa shape index (κ1) is 14.1. The zero-order valence-electron chi connectivity index (χ0n) is 11.5. The van der Waals surface area contributed by atoms with Crippen LogP contribution in [-0.4, -0.2) is 46.7 Å². The largest absolute Gasteiger partial charge is 0.480 e. The van der Waals surface area contributed by atoms with Crippen molar-refractivity contribution < 1.29 is 14.6 Å². The van der Waals surface area contributed by atoms with Crippen LogP contribution < -0.4 is 4.74 Å². The fourth-order valence-corrected chi connectivity index (χ4v) is 2.96. The predicted octanol–water partition coefficient (Wildman–Crippen LogP) is 2.42. The van der Waals surface area contributed by atoms with Crippen molar-refractivity contribution in [1.82, 2.24) is 9.88 Å². The van der Waals surface area contributed by atoms with Crippen molar-refractivity contribution in [2.24, 2.45) is 0 Å². The van der Waals surface area contributed by atoms with Crippen LogP contribution in [0.1, 0.15) is 6.42 Å². The summed E-state index contributed by atoms with van der Waals surface area (Å²) in [6, 6.07) is 6.90. The van der Waals surface area contributed by atoms with Crippen molar-refractivity contribution >= 4 is 28.3 Å². The molecule has 110 valence electrons. The van der Waals surface area contributed by atoms with Crippen molar-refractivity contribution in [2.75, 3.05) is 13.6 Å². The predicted molar refractivity (Wildman–Crippen MR) is 79.8 cm³/mol. The summed E-state index contributed by atoms with van der Waals surface area (Å²) in [7, 11) is 1.79. The van der Waals surface area contributed by atoms with Crippen LogP contribution in [0.2, 0.25) is 5.02 Å². The topological polar surface area (TPSA) is 62.7 Å². The smallest absolute Gasteiger partial charge is 0.321 e. The second-order valence-electron chi connectivity index (χ2n) is 5.22. The zero-order chi connectivity index (χ0) is 15.0. The minimum atomic E-state index is -0.822. The average Bonchev–Trinajstić information content (AvgIpc) is 2.81. The van der Waals surface area contributed by atoms with Crippen LogP contribution in [0.5, 0.6) is 5.88 Å². The molecule has 0 aliphatic carbocycles. The van der Waals surface area contributed by atoms with Gasteiger partial charge < -0.3 is 9.84 Å². The van der Waals surface area contributed by atoms with Gasteiger partial charge in [-0.2, -0.15) is 0 Å². The molecule has 0 saturated carbocycles. The highest BCUT2D eigenvalue weighted by atomic mass is 35.5. The molecule has 0 bridgehead atoms. The number of likely N-dealkylation sites (N-methyl/N-ethyl adjacent to an activating group) is 1. The Hall–Kier alpha value is -1.85. The zero-order valence-corrected chi connectivity index (χ0v) is 12.2. The third kappa shape index (κ3) is 2.66. The summed E-state index contributed by atoms with van der Waals surface area (Å²) in [6.45, 7) is 0.565. The van der Waals surface area contributed by atoms with Gasteiger partial charge >= 0.3 is 5.97 Å². The number of ether oxygens (including phenoxy) is 1. The molecule has 1 saturated heterocycles. The average molecular weight is 307 g/mol. The first-order valence-electron chi connectivity index (χ1n) is 6.69. The third-order valence-electron chi connectivity index (χ3n) is 3.79. The standard InChI is InChI=1S/C15H15ClN2O3/c1-18-8-9(7-13(18)15(19)20)21-14-11-3-2-4-12(16)10(11)5-6-17-14/h2-6,9,13H,7-8H2,1H3,(H,19,20)/t9?,13-/m0/s1. The van der Waals surface area contributed by atoms with Crippen LogP contribution >= 0.6 is 11.6 Å². The number of fused-ring (bicyclic) bond motifs is 1. The number of nitrogens with zero attached hydrogens (tertiary/aromatic N) is 2. The Labute approximate surface area is 127 Å². The van der Waals surface area contributed by atoms with Crippen LogP contribution in [-0.2, 0) is 4.79 Å². The molecular weight excluding hydrogens is 292 g/mol. The number of aromatic nitrogens is 1. The SMILES string of the molecule is CN1CC(Oc2nccc3c(Cl)cccc23)C[C@H]1C(=O)O. The number of hydrogen-bond donors (Lipinski definition) is 1. The Kier molecular flexibility index (Phi) is 3.69. The number of likely N-dealkylation sites (tertiary alicyclic amines) is 1. The lowest BCUT2D eigenvalue weighted by Gasteiger charge is -2.14. The molecule has 1 aromatic heterocycles. The molecule has 6 heteroatoms. The molecule has 1 aliphatic heterocycles. The van der Waals surface area contributed by atoms with Gasteiger partial charge in [-0.3, -0.25) is 9.69 Å². The Balaban J connectivity index is 1.86. The Morgan fingerprint density at radius 1 is 1.43 bits per heavy atom. The van der Waals surface area contributed by atoms with E-state index in [1.807, 2.05) is 24.3 Å². The van der Waals surface area contributed by atoms with Crippen LogP contribution in [0.3, 0.4) is 0 Å². The minimum absolute atomic E-state index is 0.187. The summed E-state index contributed by atoms with van der Waals surface area (Å²) in [5.41, 5.74) is 0. The summed E-state index contributed by atoms with van der Waals surface area (Å²) in [5.74, 6) is -0.322. The van der Waals surface area contributed by atoms with E-state index in [4.69, 9.17) is 21.4 Å². The lowest BCUT2D eigenvalue weighted by Crippen LogP contribution is -2.32. The van der Waals surface area contributed by atoms with Gasteiger partial charge in [0.2, 0.25) is 5.88 Å². The molecule has 1 unspecified atom stereocenters.